The van der Waals surface area contributed by atoms with E-state index in [4.69, 9.17) is 9.47 Å². The lowest BCUT2D eigenvalue weighted by atomic mass is 10.0. The molecule has 3 nitrogen and oxygen atoms in total. The van der Waals surface area contributed by atoms with Crippen LogP contribution in [-0.2, 0) is 16.0 Å². The number of esters is 1. The number of carbonyl (C=O) groups excluding carboxylic acids is 1. The van der Waals surface area contributed by atoms with E-state index in [0.29, 0.717) is 13.0 Å². The number of benzene rings is 1. The van der Waals surface area contributed by atoms with Gasteiger partial charge in [0.05, 0.1) is 6.61 Å². The molecule has 1 aromatic carbocycles. The van der Waals surface area contributed by atoms with Gasteiger partial charge in [0.2, 0.25) is 0 Å². The Balaban J connectivity index is 2.12. The third-order valence-electron chi connectivity index (χ3n) is 2.52. The number of ether oxygens (including phenoxy) is 2. The highest BCUT2D eigenvalue weighted by molar-refractivity contribution is 9.10. The van der Waals surface area contributed by atoms with Gasteiger partial charge in [-0.05, 0) is 43.5 Å². The first-order chi connectivity index (χ1) is 7.70. The number of carbonyl (C=O) groups is 1. The second kappa shape index (κ2) is 4.87. The second-order valence-electron chi connectivity index (χ2n) is 3.65. The minimum Gasteiger partial charge on any atom is -0.478 e. The fourth-order valence-corrected chi connectivity index (χ4v) is 2.17. The van der Waals surface area contributed by atoms with Crippen molar-refractivity contribution in [3.8, 4) is 5.75 Å². The highest BCUT2D eigenvalue weighted by Crippen LogP contribution is 2.30. The number of aryl methyl sites for hydroxylation is 1. The third kappa shape index (κ3) is 2.38. The van der Waals surface area contributed by atoms with E-state index in [1.54, 1.807) is 6.92 Å². The van der Waals surface area contributed by atoms with Gasteiger partial charge in [-0.25, -0.2) is 4.79 Å². The molecule has 2 rings (SSSR count). The van der Waals surface area contributed by atoms with Crippen molar-refractivity contribution in [3.63, 3.8) is 0 Å². The van der Waals surface area contributed by atoms with Gasteiger partial charge in [0.15, 0.2) is 6.10 Å². The van der Waals surface area contributed by atoms with E-state index in [1.165, 1.54) is 0 Å². The predicted molar refractivity (Wildman–Crippen MR) is 63.5 cm³/mol. The average Bonchev–Trinajstić information content (AvgIpc) is 2.28. The number of rotatable bonds is 2. The van der Waals surface area contributed by atoms with Crippen molar-refractivity contribution in [1.82, 2.24) is 0 Å². The molecule has 0 spiro atoms. The van der Waals surface area contributed by atoms with Crippen LogP contribution in [0.3, 0.4) is 0 Å². The molecule has 0 unspecified atom stereocenters. The van der Waals surface area contributed by atoms with Gasteiger partial charge in [-0.15, -0.1) is 0 Å². The molecule has 0 aromatic heterocycles. The summed E-state index contributed by atoms with van der Waals surface area (Å²) >= 11 is 3.41. The van der Waals surface area contributed by atoms with E-state index in [2.05, 4.69) is 15.9 Å². The fourth-order valence-electron chi connectivity index (χ4n) is 1.76. The Bertz CT molecular complexity index is 403. The summed E-state index contributed by atoms with van der Waals surface area (Å²) in [6, 6.07) is 5.81. The van der Waals surface area contributed by atoms with Crippen LogP contribution in [0.15, 0.2) is 22.7 Å². The summed E-state index contributed by atoms with van der Waals surface area (Å²) < 4.78 is 11.6. The van der Waals surface area contributed by atoms with Crippen molar-refractivity contribution in [2.24, 2.45) is 0 Å². The lowest BCUT2D eigenvalue weighted by Gasteiger charge is -2.24. The normalized spacial score (nSPS) is 18.5. The van der Waals surface area contributed by atoms with Crippen LogP contribution in [0.5, 0.6) is 5.75 Å². The third-order valence-corrected chi connectivity index (χ3v) is 3.01. The van der Waals surface area contributed by atoms with Crippen LogP contribution in [0.2, 0.25) is 0 Å². The zero-order valence-electron chi connectivity index (χ0n) is 9.03. The summed E-state index contributed by atoms with van der Waals surface area (Å²) in [6.45, 7) is 2.19. The summed E-state index contributed by atoms with van der Waals surface area (Å²) in [5, 5.41) is 0. The molecule has 0 radical (unpaired) electrons. The standard InChI is InChI=1S/C12H13BrO3/c1-2-15-12(14)11-5-3-8-7-9(13)4-6-10(8)16-11/h4,6-7,11H,2-3,5H2,1H3/t11-/m0/s1. The summed E-state index contributed by atoms with van der Waals surface area (Å²) in [7, 11) is 0. The molecule has 1 atom stereocenters. The molecule has 4 heteroatoms. The molecule has 0 bridgehead atoms. The van der Waals surface area contributed by atoms with Gasteiger partial charge < -0.3 is 9.47 Å². The Morgan fingerprint density at radius 1 is 1.62 bits per heavy atom. The van der Waals surface area contributed by atoms with E-state index in [-0.39, 0.29) is 5.97 Å². The lowest BCUT2D eigenvalue weighted by Crippen LogP contribution is -2.32. The minimum absolute atomic E-state index is 0.268. The molecule has 86 valence electrons. The Labute approximate surface area is 103 Å². The zero-order chi connectivity index (χ0) is 11.5. The highest BCUT2D eigenvalue weighted by Gasteiger charge is 2.27. The Morgan fingerprint density at radius 2 is 2.44 bits per heavy atom. The molecule has 0 aliphatic carbocycles. The number of halogens is 1. The van der Waals surface area contributed by atoms with Crippen molar-refractivity contribution < 1.29 is 14.3 Å². The Hall–Kier alpha value is -1.03. The molecule has 0 amide bonds. The van der Waals surface area contributed by atoms with Crippen molar-refractivity contribution in [3.05, 3.63) is 28.2 Å². The van der Waals surface area contributed by atoms with Gasteiger partial charge in [-0.1, -0.05) is 15.9 Å². The molecule has 1 heterocycles. The lowest BCUT2D eigenvalue weighted by molar-refractivity contribution is -0.152. The molecule has 16 heavy (non-hydrogen) atoms. The van der Waals surface area contributed by atoms with Crippen LogP contribution in [0.1, 0.15) is 18.9 Å². The Kier molecular flexibility index (Phi) is 3.49. The molecular weight excluding hydrogens is 272 g/mol. The predicted octanol–water partition coefficient (Wildman–Crippen LogP) is 2.71. The van der Waals surface area contributed by atoms with Crippen molar-refractivity contribution in [2.75, 3.05) is 6.61 Å². The van der Waals surface area contributed by atoms with Crippen LogP contribution >= 0.6 is 15.9 Å². The summed E-state index contributed by atoms with van der Waals surface area (Å²) in [6.07, 6.45) is 1.08. The minimum atomic E-state index is -0.450. The van der Waals surface area contributed by atoms with Gasteiger partial charge >= 0.3 is 5.97 Å². The maximum Gasteiger partial charge on any atom is 0.347 e. The van der Waals surface area contributed by atoms with Gasteiger partial charge in [0.25, 0.3) is 0 Å². The van der Waals surface area contributed by atoms with E-state index in [9.17, 15) is 4.79 Å². The number of hydrogen-bond acceptors (Lipinski definition) is 3. The maximum atomic E-state index is 11.5. The summed E-state index contributed by atoms with van der Waals surface area (Å²) in [4.78, 5) is 11.5. The molecule has 1 aliphatic rings. The van der Waals surface area contributed by atoms with E-state index in [1.807, 2.05) is 18.2 Å². The van der Waals surface area contributed by atoms with Crippen LogP contribution in [0.4, 0.5) is 0 Å². The maximum absolute atomic E-state index is 11.5. The van der Waals surface area contributed by atoms with Crippen LogP contribution in [0, 0.1) is 0 Å². The highest BCUT2D eigenvalue weighted by atomic mass is 79.9. The summed E-state index contributed by atoms with van der Waals surface area (Å²) in [5.74, 6) is 0.517. The molecule has 1 aromatic rings. The van der Waals surface area contributed by atoms with Crippen molar-refractivity contribution in [2.45, 2.75) is 25.9 Å². The first-order valence-corrected chi connectivity index (χ1v) is 6.11. The SMILES string of the molecule is CCOC(=O)[C@@H]1CCc2cc(Br)ccc2O1. The van der Waals surface area contributed by atoms with Gasteiger partial charge in [0, 0.05) is 4.47 Å². The molecular formula is C12H13BrO3. The van der Waals surface area contributed by atoms with E-state index in [0.717, 1.165) is 22.2 Å². The summed E-state index contributed by atoms with van der Waals surface area (Å²) in [5.41, 5.74) is 1.13. The average molecular weight is 285 g/mol. The first-order valence-electron chi connectivity index (χ1n) is 5.32. The number of hydrogen-bond donors (Lipinski definition) is 0. The fraction of sp³-hybridized carbons (Fsp3) is 0.417. The molecule has 0 saturated heterocycles. The van der Waals surface area contributed by atoms with Gasteiger partial charge in [0.1, 0.15) is 5.75 Å². The Morgan fingerprint density at radius 3 is 3.19 bits per heavy atom. The molecule has 0 N–H and O–H groups in total. The monoisotopic (exact) mass is 284 g/mol. The second-order valence-corrected chi connectivity index (χ2v) is 4.56. The van der Waals surface area contributed by atoms with Crippen molar-refractivity contribution >= 4 is 21.9 Å². The first kappa shape index (κ1) is 11.5. The van der Waals surface area contributed by atoms with Crippen LogP contribution < -0.4 is 4.74 Å². The topological polar surface area (TPSA) is 35.5 Å². The van der Waals surface area contributed by atoms with Crippen LogP contribution in [-0.4, -0.2) is 18.7 Å². The zero-order valence-corrected chi connectivity index (χ0v) is 10.6. The molecule has 0 fully saturated rings. The van der Waals surface area contributed by atoms with Gasteiger partial charge in [-0.2, -0.15) is 0 Å². The van der Waals surface area contributed by atoms with E-state index >= 15 is 0 Å². The smallest absolute Gasteiger partial charge is 0.347 e. The van der Waals surface area contributed by atoms with E-state index < -0.39 is 6.10 Å². The molecule has 0 saturated carbocycles. The largest absolute Gasteiger partial charge is 0.478 e. The van der Waals surface area contributed by atoms with Crippen LogP contribution in [0.25, 0.3) is 0 Å². The van der Waals surface area contributed by atoms with Crippen molar-refractivity contribution in [1.29, 1.82) is 0 Å². The molecule has 1 aliphatic heterocycles. The van der Waals surface area contributed by atoms with Gasteiger partial charge in [-0.3, -0.25) is 0 Å². The number of fused-ring (bicyclic) bond motifs is 1. The quantitative estimate of drug-likeness (QED) is 0.784.